The van der Waals surface area contributed by atoms with Crippen LogP contribution in [0.25, 0.3) is 55.0 Å². The predicted molar refractivity (Wildman–Crippen MR) is 216 cm³/mol. The highest BCUT2D eigenvalue weighted by Crippen LogP contribution is 2.41. The highest BCUT2D eigenvalue weighted by molar-refractivity contribution is 6.07. The van der Waals surface area contributed by atoms with Crippen LogP contribution >= 0.6 is 0 Å². The third-order valence-electron chi connectivity index (χ3n) is 9.96. The zero-order valence-corrected chi connectivity index (χ0v) is 28.8. The lowest BCUT2D eigenvalue weighted by Crippen LogP contribution is -2.10. The van der Waals surface area contributed by atoms with Gasteiger partial charge in [-0.25, -0.2) is 8.78 Å². The highest BCUT2D eigenvalue weighted by Gasteiger charge is 2.18. The molecule has 0 N–H and O–H groups in total. The number of halogens is 2. The Morgan fingerprint density at radius 2 is 0.611 bits per heavy atom. The first-order chi connectivity index (χ1) is 26.6. The molecule has 8 aromatic carbocycles. The van der Waals surface area contributed by atoms with Gasteiger partial charge < -0.3 is 18.6 Å². The molecular formula is C48H30F2N2O2. The molecule has 2 aromatic heterocycles. The summed E-state index contributed by atoms with van der Waals surface area (Å²) in [6.45, 7) is 0. The van der Waals surface area contributed by atoms with Crippen molar-refractivity contribution in [1.82, 2.24) is 0 Å². The normalized spacial score (nSPS) is 11.5. The topological polar surface area (TPSA) is 32.8 Å². The van der Waals surface area contributed by atoms with Gasteiger partial charge in [0.2, 0.25) is 0 Å². The summed E-state index contributed by atoms with van der Waals surface area (Å²) in [6, 6.07) is 58.7. The van der Waals surface area contributed by atoms with E-state index in [4.69, 9.17) is 8.83 Å². The molecule has 0 saturated heterocycles. The lowest BCUT2D eigenvalue weighted by molar-refractivity contribution is 0.626. The molecule has 258 valence electrons. The molecular weight excluding hydrogens is 675 g/mol. The van der Waals surface area contributed by atoms with Crippen molar-refractivity contribution in [3.63, 3.8) is 0 Å². The van der Waals surface area contributed by atoms with Gasteiger partial charge in [0.05, 0.1) is 0 Å². The maximum atomic E-state index is 14.3. The van der Waals surface area contributed by atoms with Crippen LogP contribution in [0.4, 0.5) is 42.9 Å². The van der Waals surface area contributed by atoms with Crippen LogP contribution in [-0.4, -0.2) is 0 Å². The average molecular weight is 705 g/mol. The summed E-state index contributed by atoms with van der Waals surface area (Å²) < 4.78 is 40.6. The molecule has 0 aliphatic carbocycles. The van der Waals surface area contributed by atoms with Gasteiger partial charge in [0.15, 0.2) is 0 Å². The third kappa shape index (κ3) is 5.52. The van der Waals surface area contributed by atoms with E-state index in [1.807, 2.05) is 60.7 Å². The Balaban J connectivity index is 1.00. The summed E-state index contributed by atoms with van der Waals surface area (Å²) in [7, 11) is 0. The number of nitrogens with zero attached hydrogens (tertiary/aromatic N) is 2. The van der Waals surface area contributed by atoms with E-state index < -0.39 is 0 Å². The van der Waals surface area contributed by atoms with Crippen molar-refractivity contribution in [2.75, 3.05) is 9.80 Å². The van der Waals surface area contributed by atoms with Gasteiger partial charge in [-0.05, 0) is 132 Å². The molecule has 0 aliphatic heterocycles. The molecule has 0 amide bonds. The summed E-state index contributed by atoms with van der Waals surface area (Å²) >= 11 is 0. The number of benzene rings is 8. The summed E-state index contributed by atoms with van der Waals surface area (Å²) in [5, 5.41) is 3.21. The molecule has 0 bridgehead atoms. The summed E-state index contributed by atoms with van der Waals surface area (Å²) in [4.78, 5) is 4.38. The molecule has 0 atom stereocenters. The fourth-order valence-corrected chi connectivity index (χ4v) is 7.41. The number of fused-ring (bicyclic) bond motifs is 6. The fourth-order valence-electron chi connectivity index (χ4n) is 7.41. The molecule has 4 nitrogen and oxygen atoms in total. The molecule has 0 saturated carbocycles. The molecule has 0 spiro atoms. The number of hydrogen-bond donors (Lipinski definition) is 0. The van der Waals surface area contributed by atoms with E-state index in [2.05, 4.69) is 94.7 Å². The monoisotopic (exact) mass is 704 g/mol. The van der Waals surface area contributed by atoms with Gasteiger partial charge in [0.1, 0.15) is 34.0 Å². The number of para-hydroxylation sites is 2. The molecule has 2 heterocycles. The Bertz CT molecular complexity index is 2750. The van der Waals surface area contributed by atoms with E-state index in [0.29, 0.717) is 22.3 Å². The maximum absolute atomic E-state index is 14.3. The van der Waals surface area contributed by atoms with Crippen LogP contribution in [-0.2, 0) is 0 Å². The van der Waals surface area contributed by atoms with E-state index in [-0.39, 0.29) is 11.6 Å². The zero-order chi connectivity index (χ0) is 36.2. The van der Waals surface area contributed by atoms with Crippen LogP contribution < -0.4 is 9.80 Å². The smallest absolute Gasteiger partial charge is 0.135 e. The Morgan fingerprint density at radius 1 is 0.296 bits per heavy atom. The average Bonchev–Trinajstić information content (AvgIpc) is 3.76. The number of rotatable bonds is 7. The van der Waals surface area contributed by atoms with Crippen molar-refractivity contribution in [3.8, 4) is 11.1 Å². The van der Waals surface area contributed by atoms with Gasteiger partial charge >= 0.3 is 0 Å². The van der Waals surface area contributed by atoms with Gasteiger partial charge in [-0.1, -0.05) is 60.7 Å². The van der Waals surface area contributed by atoms with Crippen molar-refractivity contribution in [2.45, 2.75) is 0 Å². The van der Waals surface area contributed by atoms with Crippen molar-refractivity contribution in [3.05, 3.63) is 194 Å². The number of furan rings is 2. The summed E-state index contributed by atoms with van der Waals surface area (Å²) in [6.07, 6.45) is 0. The minimum absolute atomic E-state index is 0.297. The van der Waals surface area contributed by atoms with Crippen molar-refractivity contribution < 1.29 is 17.6 Å². The molecule has 54 heavy (non-hydrogen) atoms. The van der Waals surface area contributed by atoms with Crippen molar-refractivity contribution >= 4 is 78.0 Å². The van der Waals surface area contributed by atoms with Gasteiger partial charge in [-0.2, -0.15) is 0 Å². The third-order valence-corrected chi connectivity index (χ3v) is 9.96. The van der Waals surface area contributed by atoms with Gasteiger partial charge in [-0.3, -0.25) is 0 Å². The molecule has 0 fully saturated rings. The fraction of sp³-hybridized carbons (Fsp3) is 0. The van der Waals surface area contributed by atoms with Gasteiger partial charge in [-0.15, -0.1) is 0 Å². The van der Waals surface area contributed by atoms with E-state index >= 15 is 0 Å². The standard InChI is InChI=1S/C48H30F2N2O2/c49-33-15-23-45-41(27-33)43-29-39(21-25-47(43)53-45)51(35-7-3-1-4-8-35)37-17-11-31(12-18-37)32-13-19-38(20-14-32)52(36-9-5-2-6-10-36)40-22-26-48-44(30-40)42-28-34(50)16-24-46(42)54-48/h1-30H. The summed E-state index contributed by atoms with van der Waals surface area (Å²) in [5.74, 6) is -0.594. The first-order valence-electron chi connectivity index (χ1n) is 17.7. The maximum Gasteiger partial charge on any atom is 0.135 e. The number of hydrogen-bond acceptors (Lipinski definition) is 4. The van der Waals surface area contributed by atoms with Gasteiger partial charge in [0.25, 0.3) is 0 Å². The SMILES string of the molecule is Fc1ccc2oc3ccc(N(c4ccccc4)c4ccc(-c5ccc(N(c6ccccc6)c6ccc7oc8ccc(F)cc8c7c6)cc5)cc4)cc3c2c1. The van der Waals surface area contributed by atoms with E-state index in [1.54, 1.807) is 12.1 Å². The minimum Gasteiger partial charge on any atom is -0.456 e. The second-order valence-electron chi connectivity index (χ2n) is 13.3. The van der Waals surface area contributed by atoms with Gasteiger partial charge in [0, 0.05) is 55.7 Å². The van der Waals surface area contributed by atoms with E-state index in [0.717, 1.165) is 66.8 Å². The predicted octanol–water partition coefficient (Wildman–Crippen LogP) is 14.4. The second-order valence-corrected chi connectivity index (χ2v) is 13.3. The second kappa shape index (κ2) is 12.8. The van der Waals surface area contributed by atoms with Crippen LogP contribution in [0.2, 0.25) is 0 Å². The highest BCUT2D eigenvalue weighted by atomic mass is 19.1. The molecule has 0 unspecified atom stereocenters. The largest absolute Gasteiger partial charge is 0.456 e. The Morgan fingerprint density at radius 3 is 1.00 bits per heavy atom. The molecule has 0 aliphatic rings. The minimum atomic E-state index is -0.297. The van der Waals surface area contributed by atoms with Crippen molar-refractivity contribution in [2.24, 2.45) is 0 Å². The van der Waals surface area contributed by atoms with E-state index in [1.165, 1.54) is 24.3 Å². The number of anilines is 6. The Hall–Kier alpha value is -7.18. The molecule has 6 heteroatoms. The first kappa shape index (κ1) is 31.5. The van der Waals surface area contributed by atoms with Crippen LogP contribution in [0.5, 0.6) is 0 Å². The summed E-state index contributed by atoms with van der Waals surface area (Å²) in [5.41, 5.74) is 10.7. The Labute approximate surface area is 309 Å². The van der Waals surface area contributed by atoms with Crippen LogP contribution in [0, 0.1) is 11.6 Å². The zero-order valence-electron chi connectivity index (χ0n) is 28.8. The molecule has 0 radical (unpaired) electrons. The quantitative estimate of drug-likeness (QED) is 0.165. The van der Waals surface area contributed by atoms with E-state index in [9.17, 15) is 8.78 Å². The van der Waals surface area contributed by atoms with Crippen LogP contribution in [0.15, 0.2) is 191 Å². The first-order valence-corrected chi connectivity index (χ1v) is 17.7. The van der Waals surface area contributed by atoms with Crippen LogP contribution in [0.3, 0.4) is 0 Å². The molecule has 10 rings (SSSR count). The lowest BCUT2D eigenvalue weighted by atomic mass is 10.0. The Kier molecular flexibility index (Phi) is 7.47. The van der Waals surface area contributed by atoms with Crippen LogP contribution in [0.1, 0.15) is 0 Å². The molecule has 10 aromatic rings. The van der Waals surface area contributed by atoms with Crippen molar-refractivity contribution in [1.29, 1.82) is 0 Å². The lowest BCUT2D eigenvalue weighted by Gasteiger charge is -2.26.